The lowest BCUT2D eigenvalue weighted by atomic mass is 9.93. The number of likely N-dealkylation sites (tertiary alicyclic amines) is 2. The van der Waals surface area contributed by atoms with Gasteiger partial charge in [-0.05, 0) is 87.1 Å². The molecule has 2 aliphatic heterocycles. The van der Waals surface area contributed by atoms with E-state index in [0.717, 1.165) is 77.1 Å². The zero-order valence-electron chi connectivity index (χ0n) is 21.8. The van der Waals surface area contributed by atoms with Crippen molar-refractivity contribution in [2.45, 2.75) is 44.4 Å². The van der Waals surface area contributed by atoms with Crippen molar-refractivity contribution in [3.8, 4) is 6.07 Å². The second kappa shape index (κ2) is 13.1. The Kier molecular flexibility index (Phi) is 9.59. The van der Waals surface area contributed by atoms with E-state index in [2.05, 4.69) is 26.5 Å². The van der Waals surface area contributed by atoms with Gasteiger partial charge in [0.2, 0.25) is 5.91 Å². The molecule has 2 aromatic carbocycles. The highest BCUT2D eigenvalue weighted by atomic mass is 19.4. The van der Waals surface area contributed by atoms with E-state index in [9.17, 15) is 22.8 Å². The van der Waals surface area contributed by atoms with Crippen molar-refractivity contribution in [2.24, 2.45) is 5.92 Å². The third-order valence-electron chi connectivity index (χ3n) is 7.55. The number of hydrogen-bond donors (Lipinski definition) is 2. The van der Waals surface area contributed by atoms with E-state index in [4.69, 9.17) is 5.26 Å². The van der Waals surface area contributed by atoms with Gasteiger partial charge in [0, 0.05) is 31.2 Å². The average molecular weight is 542 g/mol. The Morgan fingerprint density at radius 1 is 1.00 bits per heavy atom. The van der Waals surface area contributed by atoms with Gasteiger partial charge in [-0.15, -0.1) is 0 Å². The molecule has 0 radical (unpaired) electrons. The Bertz CT molecular complexity index is 1170. The maximum absolute atomic E-state index is 12.9. The van der Waals surface area contributed by atoms with Gasteiger partial charge >= 0.3 is 6.18 Å². The predicted molar refractivity (Wildman–Crippen MR) is 141 cm³/mol. The minimum Gasteiger partial charge on any atom is -0.350 e. The van der Waals surface area contributed by atoms with E-state index in [-0.39, 0.29) is 24.1 Å². The van der Waals surface area contributed by atoms with E-state index in [1.807, 2.05) is 24.3 Å². The van der Waals surface area contributed by atoms with Gasteiger partial charge in [0.25, 0.3) is 5.91 Å². The Morgan fingerprint density at radius 3 is 2.41 bits per heavy atom. The number of benzene rings is 2. The molecule has 4 rings (SSSR count). The van der Waals surface area contributed by atoms with Gasteiger partial charge in [0.1, 0.15) is 0 Å². The van der Waals surface area contributed by atoms with Crippen LogP contribution in [0.5, 0.6) is 0 Å². The summed E-state index contributed by atoms with van der Waals surface area (Å²) in [6.45, 7) is 5.40. The summed E-state index contributed by atoms with van der Waals surface area (Å²) < 4.78 is 38.6. The van der Waals surface area contributed by atoms with Crippen LogP contribution in [0.25, 0.3) is 0 Å². The lowest BCUT2D eigenvalue weighted by Crippen LogP contribution is -2.43. The molecule has 10 heteroatoms. The van der Waals surface area contributed by atoms with Crippen molar-refractivity contribution in [1.29, 1.82) is 5.26 Å². The fraction of sp³-hybridized carbons (Fsp3) is 0.483. The molecule has 0 aromatic heterocycles. The molecule has 2 heterocycles. The van der Waals surface area contributed by atoms with Crippen LogP contribution in [0.15, 0.2) is 48.5 Å². The summed E-state index contributed by atoms with van der Waals surface area (Å²) in [7, 11) is 0. The summed E-state index contributed by atoms with van der Waals surface area (Å²) in [6, 6.07) is 14.1. The second-order valence-electron chi connectivity index (χ2n) is 10.4. The van der Waals surface area contributed by atoms with Crippen LogP contribution in [0.4, 0.5) is 13.2 Å². The number of nitrogens with zero attached hydrogens (tertiary/aromatic N) is 3. The third kappa shape index (κ3) is 8.53. The standard InChI is InChI=1S/C29H34F3N5O2/c30-29(31,32)25-3-1-2-24(16-25)28(39)34-18-27(38)35-26-11-15-37(20-26)14-10-21-8-12-36(13-9-21)19-23-6-4-22(17-33)5-7-23/h1-7,16,21,26H,8-15,18-20H2,(H,34,39)(H,35,38)/t26-/m1/s1. The Balaban J connectivity index is 1.11. The first-order valence-electron chi connectivity index (χ1n) is 13.4. The molecule has 1 atom stereocenters. The zero-order chi connectivity index (χ0) is 27.8. The highest BCUT2D eigenvalue weighted by Gasteiger charge is 2.31. The molecule has 2 amide bonds. The van der Waals surface area contributed by atoms with Gasteiger partial charge in [-0.1, -0.05) is 18.2 Å². The van der Waals surface area contributed by atoms with E-state index in [1.54, 1.807) is 0 Å². The monoisotopic (exact) mass is 541 g/mol. The number of nitriles is 1. The average Bonchev–Trinajstić information content (AvgIpc) is 3.38. The number of rotatable bonds is 9. The molecule has 0 spiro atoms. The van der Waals surface area contributed by atoms with Crippen LogP contribution in [0.2, 0.25) is 0 Å². The first-order chi connectivity index (χ1) is 18.7. The highest BCUT2D eigenvalue weighted by molar-refractivity contribution is 5.96. The summed E-state index contributed by atoms with van der Waals surface area (Å²) >= 11 is 0. The van der Waals surface area contributed by atoms with Gasteiger partial charge in [0.05, 0.1) is 23.7 Å². The van der Waals surface area contributed by atoms with E-state index >= 15 is 0 Å². The Labute approximate surface area is 227 Å². The van der Waals surface area contributed by atoms with Gasteiger partial charge in [-0.3, -0.25) is 14.5 Å². The number of piperidine rings is 1. The van der Waals surface area contributed by atoms with Crippen molar-refractivity contribution in [1.82, 2.24) is 20.4 Å². The molecule has 39 heavy (non-hydrogen) atoms. The number of carbonyl (C=O) groups excluding carboxylic acids is 2. The molecule has 0 aliphatic carbocycles. The fourth-order valence-electron chi connectivity index (χ4n) is 5.27. The second-order valence-corrected chi connectivity index (χ2v) is 10.4. The fourth-order valence-corrected chi connectivity index (χ4v) is 5.27. The van der Waals surface area contributed by atoms with Crippen molar-refractivity contribution in [3.63, 3.8) is 0 Å². The molecular weight excluding hydrogens is 507 g/mol. The Morgan fingerprint density at radius 2 is 1.72 bits per heavy atom. The van der Waals surface area contributed by atoms with Crippen molar-refractivity contribution < 1.29 is 22.8 Å². The number of nitrogens with one attached hydrogen (secondary N) is 2. The van der Waals surface area contributed by atoms with Crippen LogP contribution >= 0.6 is 0 Å². The molecule has 2 saturated heterocycles. The maximum atomic E-state index is 12.9. The quantitative estimate of drug-likeness (QED) is 0.504. The predicted octanol–water partition coefficient (Wildman–Crippen LogP) is 3.80. The highest BCUT2D eigenvalue weighted by Crippen LogP contribution is 2.29. The minimum atomic E-state index is -4.54. The molecule has 2 aromatic rings. The largest absolute Gasteiger partial charge is 0.416 e. The molecule has 208 valence electrons. The van der Waals surface area contributed by atoms with Crippen LogP contribution in [-0.2, 0) is 17.5 Å². The first kappa shape index (κ1) is 28.6. The van der Waals surface area contributed by atoms with Crippen LogP contribution in [0.3, 0.4) is 0 Å². The molecule has 2 N–H and O–H groups in total. The SMILES string of the molecule is N#Cc1ccc(CN2CCC(CCN3CC[C@@H](NC(=O)CNC(=O)c4cccc(C(F)(F)F)c4)C3)CC2)cc1. The maximum Gasteiger partial charge on any atom is 0.416 e. The van der Waals surface area contributed by atoms with Crippen molar-refractivity contribution >= 4 is 11.8 Å². The molecule has 2 aliphatic rings. The lowest BCUT2D eigenvalue weighted by Gasteiger charge is -2.32. The summed E-state index contributed by atoms with van der Waals surface area (Å²) in [5.74, 6) is -0.383. The summed E-state index contributed by atoms with van der Waals surface area (Å²) in [5, 5.41) is 14.3. The number of carbonyl (C=O) groups is 2. The normalized spacial score (nSPS) is 19.0. The van der Waals surface area contributed by atoms with Gasteiger partial charge in [0.15, 0.2) is 0 Å². The number of halogens is 3. The smallest absolute Gasteiger partial charge is 0.350 e. The molecule has 2 fully saturated rings. The Hall–Kier alpha value is -3.42. The number of alkyl halides is 3. The summed E-state index contributed by atoms with van der Waals surface area (Å²) in [6.07, 6.45) is -0.257. The molecular formula is C29H34F3N5O2. The summed E-state index contributed by atoms with van der Waals surface area (Å²) in [4.78, 5) is 29.4. The molecule has 7 nitrogen and oxygen atoms in total. The number of amides is 2. The minimum absolute atomic E-state index is 0.00257. The van der Waals surface area contributed by atoms with Gasteiger partial charge in [-0.25, -0.2) is 0 Å². The number of hydrogen-bond acceptors (Lipinski definition) is 5. The van der Waals surface area contributed by atoms with Crippen LogP contribution in [-0.4, -0.2) is 66.9 Å². The third-order valence-corrected chi connectivity index (χ3v) is 7.55. The van der Waals surface area contributed by atoms with Gasteiger partial charge in [-0.2, -0.15) is 18.4 Å². The first-order valence-corrected chi connectivity index (χ1v) is 13.4. The van der Waals surface area contributed by atoms with Crippen LogP contribution in [0.1, 0.15) is 52.7 Å². The zero-order valence-corrected chi connectivity index (χ0v) is 21.8. The van der Waals surface area contributed by atoms with Gasteiger partial charge < -0.3 is 15.5 Å². The molecule has 0 unspecified atom stereocenters. The lowest BCUT2D eigenvalue weighted by molar-refractivity contribution is -0.137. The van der Waals surface area contributed by atoms with Crippen molar-refractivity contribution in [2.75, 3.05) is 39.3 Å². The van der Waals surface area contributed by atoms with Crippen molar-refractivity contribution in [3.05, 3.63) is 70.8 Å². The van der Waals surface area contributed by atoms with E-state index in [0.29, 0.717) is 11.5 Å². The molecule has 0 saturated carbocycles. The topological polar surface area (TPSA) is 88.5 Å². The van der Waals surface area contributed by atoms with Crippen LogP contribution in [0, 0.1) is 17.2 Å². The van der Waals surface area contributed by atoms with E-state index in [1.165, 1.54) is 17.7 Å². The van der Waals surface area contributed by atoms with Crippen LogP contribution < -0.4 is 10.6 Å². The molecule has 0 bridgehead atoms. The summed E-state index contributed by atoms with van der Waals surface area (Å²) in [5.41, 5.74) is 0.874. The van der Waals surface area contributed by atoms with E-state index < -0.39 is 17.6 Å².